The Kier molecular flexibility index (Phi) is 7.26. The fraction of sp³-hybridized carbons (Fsp3) is 0.208. The molecule has 31 heavy (non-hydrogen) atoms. The molecule has 0 saturated heterocycles. The fourth-order valence-corrected chi connectivity index (χ4v) is 3.29. The van der Waals surface area contributed by atoms with Crippen molar-refractivity contribution in [2.75, 3.05) is 16.4 Å². The molecule has 0 fully saturated rings. The average molecular weight is 437 g/mol. The van der Waals surface area contributed by atoms with Crippen LogP contribution in [0.2, 0.25) is 5.02 Å². The van der Waals surface area contributed by atoms with Crippen LogP contribution in [-0.4, -0.2) is 16.7 Å². The highest BCUT2D eigenvalue weighted by Gasteiger charge is 2.15. The largest absolute Gasteiger partial charge is 0.382 e. The number of aryl methyl sites for hydroxylation is 1. The van der Waals surface area contributed by atoms with E-state index in [4.69, 9.17) is 17.3 Å². The number of nitrogens with two attached hydrogens (primary N) is 1. The molecular formula is C24H25ClN4O2. The summed E-state index contributed by atoms with van der Waals surface area (Å²) in [5.74, 6) is 0.130. The molecule has 160 valence electrons. The topological polar surface area (TPSA) is 97.1 Å². The van der Waals surface area contributed by atoms with E-state index < -0.39 is 5.91 Å². The van der Waals surface area contributed by atoms with Crippen LogP contribution < -0.4 is 16.4 Å². The second-order valence-electron chi connectivity index (χ2n) is 7.49. The summed E-state index contributed by atoms with van der Waals surface area (Å²) in [7, 11) is 0. The molecule has 0 aliphatic rings. The number of hydrogen-bond donors (Lipinski definition) is 3. The normalized spacial score (nSPS) is 11.6. The zero-order valence-corrected chi connectivity index (χ0v) is 18.2. The van der Waals surface area contributed by atoms with Crippen molar-refractivity contribution in [3.8, 4) is 0 Å². The lowest BCUT2D eigenvalue weighted by atomic mass is 9.98. The van der Waals surface area contributed by atoms with Crippen molar-refractivity contribution in [2.45, 2.75) is 32.7 Å². The summed E-state index contributed by atoms with van der Waals surface area (Å²) in [5, 5.41) is 6.75. The van der Waals surface area contributed by atoms with E-state index >= 15 is 0 Å². The van der Waals surface area contributed by atoms with Gasteiger partial charge in [-0.2, -0.15) is 0 Å². The molecule has 4 N–H and O–H groups in total. The van der Waals surface area contributed by atoms with Gasteiger partial charge < -0.3 is 16.4 Å². The Morgan fingerprint density at radius 3 is 2.32 bits per heavy atom. The third-order valence-corrected chi connectivity index (χ3v) is 5.02. The number of amides is 1. The van der Waals surface area contributed by atoms with Crippen molar-refractivity contribution in [1.82, 2.24) is 4.98 Å². The molecule has 1 atom stereocenters. The van der Waals surface area contributed by atoms with Crippen LogP contribution in [0.25, 0.3) is 0 Å². The smallest absolute Gasteiger partial charge is 0.231 e. The van der Waals surface area contributed by atoms with Gasteiger partial charge in [-0.05, 0) is 55.7 Å². The monoisotopic (exact) mass is 436 g/mol. The van der Waals surface area contributed by atoms with Crippen molar-refractivity contribution < 1.29 is 9.59 Å². The first kappa shape index (κ1) is 22.3. The Labute approximate surface area is 186 Å². The van der Waals surface area contributed by atoms with E-state index in [0.717, 1.165) is 17.5 Å². The van der Waals surface area contributed by atoms with Crippen LogP contribution in [0.3, 0.4) is 0 Å². The number of aromatic nitrogens is 1. The van der Waals surface area contributed by atoms with Crippen LogP contribution >= 0.6 is 11.6 Å². The maximum Gasteiger partial charge on any atom is 0.231 e. The number of hydrogen-bond acceptors (Lipinski definition) is 5. The molecule has 6 nitrogen and oxygen atoms in total. The molecule has 0 radical (unpaired) electrons. The lowest BCUT2D eigenvalue weighted by Crippen LogP contribution is -2.17. The number of carbonyl (C=O) groups excluding carboxylic acids is 2. The summed E-state index contributed by atoms with van der Waals surface area (Å²) in [6.07, 6.45) is 0.523. The number of Topliss-reactive ketones (excluding diaryl/α,β-unsaturated/α-hetero) is 1. The molecule has 2 aromatic carbocycles. The maximum absolute atomic E-state index is 11.8. The Morgan fingerprint density at radius 1 is 1.03 bits per heavy atom. The second-order valence-corrected chi connectivity index (χ2v) is 7.93. The zero-order chi connectivity index (χ0) is 22.4. The molecule has 1 amide bonds. The van der Waals surface area contributed by atoms with E-state index in [1.165, 1.54) is 12.5 Å². The molecule has 1 unspecified atom stereocenters. The quantitative estimate of drug-likeness (QED) is 0.434. The van der Waals surface area contributed by atoms with E-state index in [1.807, 2.05) is 31.2 Å². The number of pyridine rings is 1. The van der Waals surface area contributed by atoms with Crippen LogP contribution in [0.1, 0.15) is 36.1 Å². The average Bonchev–Trinajstić information content (AvgIpc) is 2.71. The lowest BCUT2D eigenvalue weighted by Gasteiger charge is -2.21. The van der Waals surface area contributed by atoms with Crippen LogP contribution in [-0.2, 0) is 16.0 Å². The standard InChI is InChI=1S/C24H25ClN4O2/c1-15-3-7-18(8-4-15)21(14-17-5-9-19(25)10-6-17)27-22-12-11-20(24(26)29-22)28-23(31)13-16(2)30/h3-12,21H,13-14H2,1-2H3,(H,28,31)(H3,26,27,29). The first-order valence-electron chi connectivity index (χ1n) is 9.93. The number of ketones is 1. The molecule has 0 spiro atoms. The first-order valence-corrected chi connectivity index (χ1v) is 10.3. The predicted octanol–water partition coefficient (Wildman–Crippen LogP) is 4.94. The van der Waals surface area contributed by atoms with E-state index in [9.17, 15) is 9.59 Å². The van der Waals surface area contributed by atoms with Crippen LogP contribution in [0.15, 0.2) is 60.7 Å². The Bertz CT molecular complexity index is 1070. The molecule has 0 aliphatic heterocycles. The molecule has 3 rings (SSSR count). The van der Waals surface area contributed by atoms with Gasteiger partial charge in [-0.1, -0.05) is 53.6 Å². The van der Waals surface area contributed by atoms with E-state index in [2.05, 4.69) is 39.9 Å². The number of anilines is 3. The highest BCUT2D eigenvalue weighted by Crippen LogP contribution is 2.26. The van der Waals surface area contributed by atoms with Gasteiger partial charge in [0.05, 0.1) is 18.2 Å². The fourth-order valence-electron chi connectivity index (χ4n) is 3.17. The minimum atomic E-state index is -0.415. The Morgan fingerprint density at radius 2 is 1.71 bits per heavy atom. The second kappa shape index (κ2) is 10.1. The molecule has 3 aromatic rings. The number of nitrogens with zero attached hydrogens (tertiary/aromatic N) is 1. The number of carbonyl (C=O) groups is 2. The van der Waals surface area contributed by atoms with Crippen LogP contribution in [0.5, 0.6) is 0 Å². The van der Waals surface area contributed by atoms with E-state index in [-0.39, 0.29) is 24.1 Å². The maximum atomic E-state index is 11.8. The van der Waals surface area contributed by atoms with Crippen molar-refractivity contribution in [1.29, 1.82) is 0 Å². The van der Waals surface area contributed by atoms with Gasteiger partial charge >= 0.3 is 0 Å². The third kappa shape index (κ3) is 6.55. The van der Waals surface area contributed by atoms with Gasteiger partial charge in [0.2, 0.25) is 5.91 Å². The SMILES string of the molecule is CC(=O)CC(=O)Nc1ccc(NC(Cc2ccc(Cl)cc2)c2ccc(C)cc2)nc1N. The van der Waals surface area contributed by atoms with Gasteiger partial charge in [-0.25, -0.2) is 4.98 Å². The van der Waals surface area contributed by atoms with Gasteiger partial charge in [-0.3, -0.25) is 9.59 Å². The van der Waals surface area contributed by atoms with Gasteiger partial charge in [0, 0.05) is 5.02 Å². The summed E-state index contributed by atoms with van der Waals surface area (Å²) < 4.78 is 0. The first-order chi connectivity index (χ1) is 14.8. The summed E-state index contributed by atoms with van der Waals surface area (Å²) in [5.41, 5.74) is 9.84. The van der Waals surface area contributed by atoms with Gasteiger partial charge in [0.25, 0.3) is 0 Å². The number of rotatable bonds is 8. The van der Waals surface area contributed by atoms with Crippen molar-refractivity contribution in [3.05, 3.63) is 82.4 Å². The number of halogens is 1. The van der Waals surface area contributed by atoms with E-state index in [1.54, 1.807) is 12.1 Å². The van der Waals surface area contributed by atoms with E-state index in [0.29, 0.717) is 16.5 Å². The molecule has 7 heteroatoms. The summed E-state index contributed by atoms with van der Waals surface area (Å²) in [6, 6.07) is 19.4. The number of nitrogen functional groups attached to an aromatic ring is 1. The van der Waals surface area contributed by atoms with Gasteiger partial charge in [0.1, 0.15) is 17.4 Å². The minimum Gasteiger partial charge on any atom is -0.382 e. The van der Waals surface area contributed by atoms with Crippen molar-refractivity contribution in [2.24, 2.45) is 0 Å². The summed E-state index contributed by atoms with van der Waals surface area (Å²) in [4.78, 5) is 27.3. The van der Waals surface area contributed by atoms with Crippen molar-refractivity contribution in [3.63, 3.8) is 0 Å². The van der Waals surface area contributed by atoms with Crippen LogP contribution in [0, 0.1) is 6.92 Å². The predicted molar refractivity (Wildman–Crippen MR) is 125 cm³/mol. The number of benzene rings is 2. The molecule has 0 bridgehead atoms. The molecule has 0 aliphatic carbocycles. The molecule has 1 heterocycles. The highest BCUT2D eigenvalue weighted by atomic mass is 35.5. The molecular weight excluding hydrogens is 412 g/mol. The summed E-state index contributed by atoms with van der Waals surface area (Å²) >= 11 is 6.02. The minimum absolute atomic E-state index is 0.0492. The van der Waals surface area contributed by atoms with Gasteiger partial charge in [0.15, 0.2) is 0 Å². The van der Waals surface area contributed by atoms with Gasteiger partial charge in [-0.15, -0.1) is 0 Å². The lowest BCUT2D eigenvalue weighted by molar-refractivity contribution is -0.124. The zero-order valence-electron chi connectivity index (χ0n) is 17.5. The Balaban J connectivity index is 1.80. The highest BCUT2D eigenvalue weighted by molar-refractivity contribution is 6.30. The molecule has 0 saturated carbocycles. The third-order valence-electron chi connectivity index (χ3n) is 4.76. The number of nitrogens with one attached hydrogen (secondary N) is 2. The Hall–Kier alpha value is -3.38. The van der Waals surface area contributed by atoms with Crippen LogP contribution in [0.4, 0.5) is 17.3 Å². The molecule has 1 aromatic heterocycles. The van der Waals surface area contributed by atoms with Crippen molar-refractivity contribution >= 4 is 40.6 Å². The summed E-state index contributed by atoms with van der Waals surface area (Å²) in [6.45, 7) is 3.41.